The topological polar surface area (TPSA) is 87.5 Å². The van der Waals surface area contributed by atoms with Crippen LogP contribution in [0.3, 0.4) is 0 Å². The van der Waals surface area contributed by atoms with Gasteiger partial charge in [0.05, 0.1) is 18.0 Å². The summed E-state index contributed by atoms with van der Waals surface area (Å²) in [4.78, 5) is 24.1. The first-order chi connectivity index (χ1) is 21.2. The Morgan fingerprint density at radius 2 is 1.16 bits per heavy atom. The average Bonchev–Trinajstić information content (AvgIpc) is 3.09. The van der Waals surface area contributed by atoms with Crippen molar-refractivity contribution in [1.82, 2.24) is 25.6 Å². The molecule has 2 aliphatic rings. The van der Waals surface area contributed by atoms with Crippen molar-refractivity contribution in [2.75, 3.05) is 13.1 Å². The molecule has 0 amide bonds. The van der Waals surface area contributed by atoms with Crippen molar-refractivity contribution in [3.05, 3.63) is 132 Å². The van der Waals surface area contributed by atoms with Crippen LogP contribution in [0, 0.1) is 6.92 Å². The van der Waals surface area contributed by atoms with Gasteiger partial charge in [-0.25, -0.2) is 15.0 Å². The third-order valence-electron chi connectivity index (χ3n) is 7.38. The number of nitrogens with one attached hydrogen (secondary N) is 2. The van der Waals surface area contributed by atoms with Gasteiger partial charge in [0.15, 0.2) is 17.5 Å². The molecule has 0 saturated carbocycles. The van der Waals surface area contributed by atoms with Gasteiger partial charge in [-0.05, 0) is 41.8 Å². The van der Waals surface area contributed by atoms with Gasteiger partial charge in [0.2, 0.25) is 0 Å². The van der Waals surface area contributed by atoms with Gasteiger partial charge in [0.1, 0.15) is 0 Å². The number of nitrogens with zero attached hydrogens (tertiary/aromatic N) is 5. The summed E-state index contributed by atoms with van der Waals surface area (Å²) in [5, 5.41) is 6.47. The molecule has 0 atom stereocenters. The maximum Gasteiger partial charge on any atom is 0.164 e. The fourth-order valence-corrected chi connectivity index (χ4v) is 5.11. The molecule has 0 spiro atoms. The minimum absolute atomic E-state index is 0.598. The quantitative estimate of drug-likeness (QED) is 0.242. The van der Waals surface area contributed by atoms with Gasteiger partial charge in [-0.2, -0.15) is 0 Å². The predicted molar refractivity (Wildman–Crippen MR) is 174 cm³/mol. The largest absolute Gasteiger partial charge is 0.384 e. The van der Waals surface area contributed by atoms with Crippen molar-refractivity contribution in [3.8, 4) is 45.3 Å². The molecule has 2 aliphatic heterocycles. The SMILES string of the molecule is Cc1ccc(-c2cccc(-c3nc(-c4cccc(C5=CNCC=N5)c4)nc(-c4cccc(C5=NC=CNC5)c4)n3)c2)cc1. The highest BCUT2D eigenvalue weighted by Gasteiger charge is 2.15. The molecule has 4 aromatic carbocycles. The Labute approximate surface area is 250 Å². The lowest BCUT2D eigenvalue weighted by molar-refractivity contribution is 0.988. The lowest BCUT2D eigenvalue weighted by atomic mass is 10.0. The number of aromatic nitrogens is 3. The van der Waals surface area contributed by atoms with Crippen molar-refractivity contribution in [1.29, 1.82) is 0 Å². The zero-order valence-electron chi connectivity index (χ0n) is 23.7. The standard InChI is InChI=1S/C36H29N7/c1-24-11-13-25(14-12-24)26-5-2-8-29(19-26)34-41-35(30-9-3-6-27(20-30)32-22-37-15-17-39-32)43-36(42-34)31-10-4-7-28(21-31)33-23-38-16-18-40-33/h2-15,17-21,23,37-38H,16,22H2,1H3. The van der Waals surface area contributed by atoms with Gasteiger partial charge in [-0.1, -0.05) is 84.4 Å². The molecule has 3 heterocycles. The maximum atomic E-state index is 5.01. The lowest BCUT2D eigenvalue weighted by Gasteiger charge is -2.13. The monoisotopic (exact) mass is 559 g/mol. The first-order valence-corrected chi connectivity index (χ1v) is 14.3. The molecule has 1 aromatic heterocycles. The van der Waals surface area contributed by atoms with E-state index < -0.39 is 0 Å². The molecule has 0 saturated heterocycles. The van der Waals surface area contributed by atoms with E-state index in [4.69, 9.17) is 15.0 Å². The third-order valence-corrected chi connectivity index (χ3v) is 7.38. The molecule has 0 bridgehead atoms. The summed E-state index contributed by atoms with van der Waals surface area (Å²) in [6, 6.07) is 33.3. The molecular formula is C36H29N7. The van der Waals surface area contributed by atoms with Gasteiger partial charge < -0.3 is 10.6 Å². The van der Waals surface area contributed by atoms with Crippen LogP contribution in [0.5, 0.6) is 0 Å². The zero-order chi connectivity index (χ0) is 29.0. The summed E-state index contributed by atoms with van der Waals surface area (Å²) in [6.07, 6.45) is 7.43. The van der Waals surface area contributed by atoms with Gasteiger partial charge >= 0.3 is 0 Å². The van der Waals surface area contributed by atoms with Crippen molar-refractivity contribution in [2.45, 2.75) is 6.92 Å². The minimum atomic E-state index is 0.598. The minimum Gasteiger partial charge on any atom is -0.384 e. The predicted octanol–water partition coefficient (Wildman–Crippen LogP) is 6.68. The van der Waals surface area contributed by atoms with Crippen LogP contribution in [-0.4, -0.2) is 40.0 Å². The molecule has 0 fully saturated rings. The van der Waals surface area contributed by atoms with E-state index in [1.807, 2.05) is 48.9 Å². The van der Waals surface area contributed by atoms with Crippen molar-refractivity contribution < 1.29 is 0 Å². The first kappa shape index (κ1) is 26.2. The Kier molecular flexibility index (Phi) is 7.11. The molecule has 7 nitrogen and oxygen atoms in total. The highest BCUT2D eigenvalue weighted by molar-refractivity contribution is 6.03. The summed E-state index contributed by atoms with van der Waals surface area (Å²) >= 11 is 0. The zero-order valence-corrected chi connectivity index (χ0v) is 23.7. The molecule has 0 radical (unpaired) electrons. The number of aryl methyl sites for hydroxylation is 1. The number of benzene rings is 4. The van der Waals surface area contributed by atoms with Crippen molar-refractivity contribution >= 4 is 17.6 Å². The van der Waals surface area contributed by atoms with E-state index in [2.05, 4.69) is 94.3 Å². The first-order valence-electron chi connectivity index (χ1n) is 14.3. The van der Waals surface area contributed by atoms with E-state index >= 15 is 0 Å². The smallest absolute Gasteiger partial charge is 0.164 e. The van der Waals surface area contributed by atoms with E-state index in [0.29, 0.717) is 24.0 Å². The molecule has 2 N–H and O–H groups in total. The van der Waals surface area contributed by atoms with Crippen LogP contribution in [0.2, 0.25) is 0 Å². The fourth-order valence-electron chi connectivity index (χ4n) is 5.11. The summed E-state index contributed by atoms with van der Waals surface area (Å²) in [5.74, 6) is 1.81. The highest BCUT2D eigenvalue weighted by atomic mass is 15.0. The van der Waals surface area contributed by atoms with Crippen LogP contribution < -0.4 is 10.6 Å². The molecular weight excluding hydrogens is 530 g/mol. The van der Waals surface area contributed by atoms with Crippen LogP contribution in [-0.2, 0) is 0 Å². The van der Waals surface area contributed by atoms with Crippen LogP contribution >= 0.6 is 0 Å². The molecule has 0 aliphatic carbocycles. The Balaban J connectivity index is 1.36. The highest BCUT2D eigenvalue weighted by Crippen LogP contribution is 2.30. The van der Waals surface area contributed by atoms with Crippen molar-refractivity contribution in [2.24, 2.45) is 9.98 Å². The second-order valence-corrected chi connectivity index (χ2v) is 10.4. The van der Waals surface area contributed by atoms with Gasteiger partial charge in [0.25, 0.3) is 0 Å². The Morgan fingerprint density at radius 3 is 1.77 bits per heavy atom. The summed E-state index contributed by atoms with van der Waals surface area (Å²) < 4.78 is 0. The lowest BCUT2D eigenvalue weighted by Crippen LogP contribution is -2.21. The average molecular weight is 560 g/mol. The van der Waals surface area contributed by atoms with Gasteiger partial charge in [-0.15, -0.1) is 0 Å². The van der Waals surface area contributed by atoms with Crippen LogP contribution in [0.1, 0.15) is 16.7 Å². The molecule has 0 unspecified atom stereocenters. The summed E-state index contributed by atoms with van der Waals surface area (Å²) in [6.45, 7) is 3.49. The second-order valence-electron chi connectivity index (χ2n) is 10.4. The number of hydrogen-bond acceptors (Lipinski definition) is 7. The van der Waals surface area contributed by atoms with Crippen LogP contribution in [0.25, 0.3) is 51.0 Å². The molecule has 7 heteroatoms. The number of rotatable bonds is 6. The maximum absolute atomic E-state index is 5.01. The molecule has 208 valence electrons. The Hall–Kier alpha value is -5.69. The third kappa shape index (κ3) is 5.74. The van der Waals surface area contributed by atoms with Crippen LogP contribution in [0.15, 0.2) is 126 Å². The second kappa shape index (κ2) is 11.7. The number of aliphatic imine (C=N–C) groups is 2. The van der Waals surface area contributed by atoms with E-state index in [1.165, 1.54) is 5.56 Å². The molecule has 43 heavy (non-hydrogen) atoms. The Morgan fingerprint density at radius 1 is 0.581 bits per heavy atom. The van der Waals surface area contributed by atoms with Gasteiger partial charge in [0, 0.05) is 53.6 Å². The van der Waals surface area contributed by atoms with E-state index in [9.17, 15) is 0 Å². The molecule has 7 rings (SSSR count). The van der Waals surface area contributed by atoms with E-state index in [-0.39, 0.29) is 0 Å². The normalized spacial score (nSPS) is 14.0. The van der Waals surface area contributed by atoms with Crippen LogP contribution in [0.4, 0.5) is 0 Å². The van der Waals surface area contributed by atoms with Crippen molar-refractivity contribution in [3.63, 3.8) is 0 Å². The van der Waals surface area contributed by atoms with Gasteiger partial charge in [-0.3, -0.25) is 9.98 Å². The number of hydrogen-bond donors (Lipinski definition) is 2. The Bertz CT molecular complexity index is 1930. The van der Waals surface area contributed by atoms with E-state index in [0.717, 1.165) is 56.9 Å². The van der Waals surface area contributed by atoms with E-state index in [1.54, 1.807) is 6.20 Å². The summed E-state index contributed by atoms with van der Waals surface area (Å²) in [5.41, 5.74) is 10.0. The summed E-state index contributed by atoms with van der Waals surface area (Å²) in [7, 11) is 0. The molecule has 5 aromatic rings. The fraction of sp³-hybridized carbons (Fsp3) is 0.0833.